The van der Waals surface area contributed by atoms with E-state index in [4.69, 9.17) is 4.98 Å². The van der Waals surface area contributed by atoms with Gasteiger partial charge >= 0.3 is 6.18 Å². The third-order valence-electron chi connectivity index (χ3n) is 7.32. The third kappa shape index (κ3) is 5.63. The summed E-state index contributed by atoms with van der Waals surface area (Å²) in [5.74, 6) is -1.04. The molecule has 1 aliphatic heterocycles. The average Bonchev–Trinajstić information content (AvgIpc) is 3.28. The van der Waals surface area contributed by atoms with Gasteiger partial charge in [-0.25, -0.2) is 17.7 Å². The van der Waals surface area contributed by atoms with Gasteiger partial charge in [-0.05, 0) is 59.7 Å². The van der Waals surface area contributed by atoms with Gasteiger partial charge in [0.2, 0.25) is 10.0 Å². The van der Waals surface area contributed by atoms with E-state index in [2.05, 4.69) is 31.3 Å². The van der Waals surface area contributed by atoms with Crippen molar-refractivity contribution in [3.8, 4) is 0 Å². The number of nitrogens with one attached hydrogen (secondary N) is 1. The molecular weight excluding hydrogens is 573 g/mol. The van der Waals surface area contributed by atoms with Crippen molar-refractivity contribution in [1.82, 2.24) is 23.9 Å². The summed E-state index contributed by atoms with van der Waals surface area (Å²) in [6.07, 6.45) is 2.29. The zero-order valence-corrected chi connectivity index (χ0v) is 22.4. The van der Waals surface area contributed by atoms with Crippen molar-refractivity contribution in [2.45, 2.75) is 62.4 Å². The molecule has 0 aromatic carbocycles. The Balaban J connectivity index is 1.38. The lowest BCUT2D eigenvalue weighted by atomic mass is 9.88. The molecule has 200 valence electrons. The summed E-state index contributed by atoms with van der Waals surface area (Å²) in [6, 6.07) is 5.69. The van der Waals surface area contributed by atoms with E-state index in [0.29, 0.717) is 35.4 Å². The Hall–Kier alpha value is -2.25. The van der Waals surface area contributed by atoms with E-state index >= 15 is 0 Å². The number of hydrogen-bond donors (Lipinski definition) is 1. The second kappa shape index (κ2) is 10.5. The Labute approximate surface area is 221 Å². The van der Waals surface area contributed by atoms with E-state index in [-0.39, 0.29) is 38.1 Å². The molecule has 5 rings (SSSR count). The normalized spacial score (nSPS) is 23.8. The number of halogens is 4. The van der Waals surface area contributed by atoms with E-state index in [0.717, 1.165) is 17.7 Å². The molecule has 8 nitrogen and oxygen atoms in total. The summed E-state index contributed by atoms with van der Waals surface area (Å²) in [6.45, 7) is 1.03. The van der Waals surface area contributed by atoms with Crippen molar-refractivity contribution in [2.24, 2.45) is 5.92 Å². The van der Waals surface area contributed by atoms with Crippen LogP contribution in [0.15, 0.2) is 41.3 Å². The molecule has 0 spiro atoms. The van der Waals surface area contributed by atoms with E-state index in [1.54, 1.807) is 23.1 Å². The largest absolute Gasteiger partial charge is 0.391 e. The molecule has 37 heavy (non-hydrogen) atoms. The predicted octanol–water partition coefficient (Wildman–Crippen LogP) is 5.13. The molecule has 0 bridgehead atoms. The fourth-order valence-corrected chi connectivity index (χ4v) is 7.80. The first kappa shape index (κ1) is 26.4. The first-order chi connectivity index (χ1) is 17.6. The number of sulfonamides is 1. The fourth-order valence-electron chi connectivity index (χ4n) is 5.32. The van der Waals surface area contributed by atoms with Crippen molar-refractivity contribution in [3.63, 3.8) is 0 Å². The van der Waals surface area contributed by atoms with Crippen molar-refractivity contribution >= 4 is 37.4 Å². The standard InChI is InChI=1S/C24H28BrF3N6O2S/c25-20-14-31-34-22(30-13-16-4-2-8-29-12-16)11-21(32-23(20)34)17-5-3-9-33(15-17)37(35,36)19-7-1-6-18(10-19)24(26,27)28/h2,4,8,11-12,14,17-19,30H,1,3,5-7,9-10,13,15H2. The lowest BCUT2D eigenvalue weighted by molar-refractivity contribution is -0.181. The van der Waals surface area contributed by atoms with Crippen molar-refractivity contribution < 1.29 is 21.6 Å². The maximum absolute atomic E-state index is 13.4. The molecule has 1 aliphatic carbocycles. The number of rotatable bonds is 6. The molecule has 3 unspecified atom stereocenters. The van der Waals surface area contributed by atoms with Crippen LogP contribution in [0.4, 0.5) is 19.0 Å². The number of fused-ring (bicyclic) bond motifs is 1. The fraction of sp³-hybridized carbons (Fsp3) is 0.542. The van der Waals surface area contributed by atoms with Gasteiger partial charge in [0.25, 0.3) is 0 Å². The topological polar surface area (TPSA) is 92.5 Å². The van der Waals surface area contributed by atoms with Crippen molar-refractivity contribution in [3.05, 3.63) is 52.5 Å². The molecule has 2 fully saturated rings. The van der Waals surface area contributed by atoms with Gasteiger partial charge in [-0.1, -0.05) is 12.5 Å². The van der Waals surface area contributed by atoms with Crippen LogP contribution in [0.5, 0.6) is 0 Å². The number of hydrogen-bond acceptors (Lipinski definition) is 6. The third-order valence-corrected chi connectivity index (χ3v) is 10.2. The monoisotopic (exact) mass is 600 g/mol. The van der Waals surface area contributed by atoms with Gasteiger partial charge < -0.3 is 5.32 Å². The summed E-state index contributed by atoms with van der Waals surface area (Å²) in [5, 5.41) is 6.76. The van der Waals surface area contributed by atoms with Gasteiger partial charge in [0.1, 0.15) is 5.82 Å². The second-order valence-corrected chi connectivity index (χ2v) is 12.8. The predicted molar refractivity (Wildman–Crippen MR) is 137 cm³/mol. The maximum atomic E-state index is 13.4. The first-order valence-electron chi connectivity index (χ1n) is 12.4. The number of piperidine rings is 1. The number of aromatic nitrogens is 4. The highest BCUT2D eigenvalue weighted by Crippen LogP contribution is 2.41. The van der Waals surface area contributed by atoms with Crippen LogP contribution in [0.25, 0.3) is 5.65 Å². The Kier molecular flexibility index (Phi) is 7.47. The van der Waals surface area contributed by atoms with Crippen LogP contribution in [0.3, 0.4) is 0 Å². The molecular formula is C24H28BrF3N6O2S. The number of nitrogens with zero attached hydrogens (tertiary/aromatic N) is 5. The SMILES string of the molecule is O=S(=O)(C1CCCC(C(F)(F)F)C1)N1CCCC(c2cc(NCc3cccnc3)n3ncc(Br)c3n2)C1. The van der Waals surface area contributed by atoms with Gasteiger partial charge in [-0.3, -0.25) is 4.98 Å². The van der Waals surface area contributed by atoms with E-state index in [9.17, 15) is 21.6 Å². The Morgan fingerprint density at radius 2 is 2.00 bits per heavy atom. The molecule has 0 amide bonds. The summed E-state index contributed by atoms with van der Waals surface area (Å²) in [5.41, 5.74) is 2.31. The molecule has 3 atom stereocenters. The second-order valence-electron chi connectivity index (χ2n) is 9.78. The summed E-state index contributed by atoms with van der Waals surface area (Å²) in [7, 11) is -3.86. The van der Waals surface area contributed by atoms with E-state index in [1.807, 2.05) is 18.2 Å². The van der Waals surface area contributed by atoms with Gasteiger partial charge in [0, 0.05) is 44.0 Å². The van der Waals surface area contributed by atoms with Crippen LogP contribution < -0.4 is 5.32 Å². The van der Waals surface area contributed by atoms with E-state index in [1.165, 1.54) is 4.31 Å². The smallest absolute Gasteiger partial charge is 0.366 e. The minimum atomic E-state index is -4.37. The molecule has 4 heterocycles. The van der Waals surface area contributed by atoms with Gasteiger partial charge in [0.15, 0.2) is 5.65 Å². The quantitative estimate of drug-likeness (QED) is 0.422. The lowest BCUT2D eigenvalue weighted by Gasteiger charge is -2.37. The molecule has 0 radical (unpaired) electrons. The van der Waals surface area contributed by atoms with Crippen molar-refractivity contribution in [1.29, 1.82) is 0 Å². The molecule has 3 aromatic heterocycles. The zero-order chi connectivity index (χ0) is 26.2. The van der Waals surface area contributed by atoms with Crippen LogP contribution in [-0.4, -0.2) is 56.8 Å². The highest BCUT2D eigenvalue weighted by atomic mass is 79.9. The van der Waals surface area contributed by atoms with E-state index < -0.39 is 27.4 Å². The summed E-state index contributed by atoms with van der Waals surface area (Å²) in [4.78, 5) is 8.91. The van der Waals surface area contributed by atoms with Crippen LogP contribution in [0.1, 0.15) is 55.7 Å². The molecule has 1 saturated heterocycles. The Morgan fingerprint density at radius 3 is 2.76 bits per heavy atom. The minimum Gasteiger partial charge on any atom is -0.366 e. The Morgan fingerprint density at radius 1 is 1.16 bits per heavy atom. The maximum Gasteiger partial charge on any atom is 0.391 e. The molecule has 2 aliphatic rings. The molecule has 13 heteroatoms. The average molecular weight is 601 g/mol. The lowest BCUT2D eigenvalue weighted by Crippen LogP contribution is -2.46. The van der Waals surface area contributed by atoms with Gasteiger partial charge in [0.05, 0.1) is 27.5 Å². The van der Waals surface area contributed by atoms with Crippen LogP contribution >= 0.6 is 15.9 Å². The van der Waals surface area contributed by atoms with Crippen molar-refractivity contribution in [2.75, 3.05) is 18.4 Å². The Bertz CT molecular complexity index is 1350. The highest BCUT2D eigenvalue weighted by molar-refractivity contribution is 9.10. The molecule has 3 aromatic rings. The summed E-state index contributed by atoms with van der Waals surface area (Å²) >= 11 is 3.49. The number of alkyl halides is 3. The van der Waals surface area contributed by atoms with Crippen LogP contribution in [0.2, 0.25) is 0 Å². The number of pyridine rings is 1. The van der Waals surface area contributed by atoms with Crippen LogP contribution in [0, 0.1) is 5.92 Å². The minimum absolute atomic E-state index is 0.00285. The zero-order valence-electron chi connectivity index (χ0n) is 20.0. The van der Waals surface area contributed by atoms with Gasteiger partial charge in [-0.2, -0.15) is 22.8 Å². The molecule has 1 N–H and O–H groups in total. The summed E-state index contributed by atoms with van der Waals surface area (Å²) < 4.78 is 70.7. The highest BCUT2D eigenvalue weighted by Gasteiger charge is 2.46. The molecule has 1 saturated carbocycles. The first-order valence-corrected chi connectivity index (χ1v) is 14.6. The van der Waals surface area contributed by atoms with Crippen LogP contribution in [-0.2, 0) is 16.6 Å². The van der Waals surface area contributed by atoms with Gasteiger partial charge in [-0.15, -0.1) is 0 Å². The number of anilines is 1.